The molecule has 0 radical (unpaired) electrons. The van der Waals surface area contributed by atoms with Gasteiger partial charge < -0.3 is 10.1 Å². The van der Waals surface area contributed by atoms with Gasteiger partial charge >= 0.3 is 5.97 Å². The van der Waals surface area contributed by atoms with Gasteiger partial charge in [-0.2, -0.15) is 0 Å². The first-order chi connectivity index (χ1) is 5.34. The van der Waals surface area contributed by atoms with Crippen LogP contribution in [0, 0.1) is 17.8 Å². The fourth-order valence-electron chi connectivity index (χ4n) is 2.14. The van der Waals surface area contributed by atoms with Crippen molar-refractivity contribution in [3.05, 3.63) is 0 Å². The second-order valence-electron chi connectivity index (χ2n) is 3.37. The highest BCUT2D eigenvalue weighted by atomic mass is 16.5. The Morgan fingerprint density at radius 2 is 2.36 bits per heavy atom. The van der Waals surface area contributed by atoms with Crippen LogP contribution in [0.1, 0.15) is 6.42 Å². The molecular formula is C8H13NO2. The maximum Gasteiger partial charge on any atom is 0.309 e. The van der Waals surface area contributed by atoms with Crippen LogP contribution in [-0.4, -0.2) is 26.2 Å². The lowest BCUT2D eigenvalue weighted by Gasteiger charge is -2.07. The van der Waals surface area contributed by atoms with E-state index in [1.54, 1.807) is 0 Å². The quantitative estimate of drug-likeness (QED) is 0.542. The summed E-state index contributed by atoms with van der Waals surface area (Å²) in [6.45, 7) is 2.07. The molecule has 3 atom stereocenters. The van der Waals surface area contributed by atoms with Crippen molar-refractivity contribution in [1.29, 1.82) is 0 Å². The molecule has 1 saturated heterocycles. The zero-order valence-corrected chi connectivity index (χ0v) is 6.67. The molecule has 1 aliphatic carbocycles. The molecule has 0 spiro atoms. The Hall–Kier alpha value is -0.570. The number of hydrogen-bond donors (Lipinski definition) is 1. The third-order valence-corrected chi connectivity index (χ3v) is 2.84. The second kappa shape index (κ2) is 2.48. The van der Waals surface area contributed by atoms with Crippen molar-refractivity contribution in [2.24, 2.45) is 17.8 Å². The number of esters is 1. The van der Waals surface area contributed by atoms with Gasteiger partial charge in [0, 0.05) is 0 Å². The van der Waals surface area contributed by atoms with Crippen LogP contribution >= 0.6 is 0 Å². The summed E-state index contributed by atoms with van der Waals surface area (Å²) in [6.07, 6.45) is 1.14. The van der Waals surface area contributed by atoms with E-state index >= 15 is 0 Å². The third kappa shape index (κ3) is 1.03. The van der Waals surface area contributed by atoms with Crippen molar-refractivity contribution in [1.82, 2.24) is 5.32 Å². The molecule has 0 amide bonds. The van der Waals surface area contributed by atoms with Crippen LogP contribution in [0.3, 0.4) is 0 Å². The summed E-state index contributed by atoms with van der Waals surface area (Å²) in [5.74, 6) is 1.42. The monoisotopic (exact) mass is 155 g/mol. The van der Waals surface area contributed by atoms with Crippen molar-refractivity contribution in [3.63, 3.8) is 0 Å². The molecule has 1 N–H and O–H groups in total. The molecule has 1 aliphatic heterocycles. The van der Waals surface area contributed by atoms with Gasteiger partial charge in [0.25, 0.3) is 0 Å². The van der Waals surface area contributed by atoms with Crippen molar-refractivity contribution < 1.29 is 9.53 Å². The number of methoxy groups -OCH3 is 1. The maximum absolute atomic E-state index is 11.1. The van der Waals surface area contributed by atoms with Crippen LogP contribution in [0.5, 0.6) is 0 Å². The van der Waals surface area contributed by atoms with Crippen LogP contribution < -0.4 is 5.32 Å². The van der Waals surface area contributed by atoms with Crippen molar-refractivity contribution in [2.45, 2.75) is 6.42 Å². The lowest BCUT2D eigenvalue weighted by Crippen LogP contribution is -2.23. The van der Waals surface area contributed by atoms with Gasteiger partial charge in [0.05, 0.1) is 13.0 Å². The van der Waals surface area contributed by atoms with E-state index in [1.807, 2.05) is 0 Å². The van der Waals surface area contributed by atoms with Gasteiger partial charge in [-0.3, -0.25) is 4.79 Å². The first-order valence-corrected chi connectivity index (χ1v) is 4.13. The Morgan fingerprint density at radius 1 is 1.55 bits per heavy atom. The maximum atomic E-state index is 11.1. The van der Waals surface area contributed by atoms with Crippen molar-refractivity contribution in [3.8, 4) is 0 Å². The Kier molecular flexibility index (Phi) is 1.60. The standard InChI is InChI=1S/C8H13NO2/c1-11-8(10)7-5-2-3-9-4-6(5)7/h5-7,9H,2-4H2,1H3/t5-,6+,7?/m1/s1. The zero-order valence-electron chi connectivity index (χ0n) is 6.67. The molecule has 2 rings (SSSR count). The fourth-order valence-corrected chi connectivity index (χ4v) is 2.14. The normalized spacial score (nSPS) is 41.0. The smallest absolute Gasteiger partial charge is 0.309 e. The van der Waals surface area contributed by atoms with Crippen molar-refractivity contribution in [2.75, 3.05) is 20.2 Å². The topological polar surface area (TPSA) is 38.3 Å². The molecule has 2 fully saturated rings. The molecule has 0 bridgehead atoms. The second-order valence-corrected chi connectivity index (χ2v) is 3.37. The highest BCUT2D eigenvalue weighted by Crippen LogP contribution is 2.50. The average molecular weight is 155 g/mol. The molecule has 0 aromatic rings. The number of carbonyl (C=O) groups excluding carboxylic acids is 1. The number of fused-ring (bicyclic) bond motifs is 1. The summed E-state index contributed by atoms with van der Waals surface area (Å²) in [7, 11) is 1.47. The van der Waals surface area contributed by atoms with Gasteiger partial charge in [-0.1, -0.05) is 0 Å². The Labute approximate surface area is 66.1 Å². The van der Waals surface area contributed by atoms with Gasteiger partial charge in [-0.15, -0.1) is 0 Å². The molecule has 3 heteroatoms. The highest BCUT2D eigenvalue weighted by molar-refractivity contribution is 5.76. The molecule has 62 valence electrons. The van der Waals surface area contributed by atoms with Crippen LogP contribution in [0.25, 0.3) is 0 Å². The zero-order chi connectivity index (χ0) is 7.84. The lowest BCUT2D eigenvalue weighted by molar-refractivity contribution is -0.142. The first-order valence-electron chi connectivity index (χ1n) is 4.13. The van der Waals surface area contributed by atoms with E-state index in [1.165, 1.54) is 7.11 Å². The molecule has 0 aromatic carbocycles. The number of rotatable bonds is 1. The van der Waals surface area contributed by atoms with E-state index in [2.05, 4.69) is 5.32 Å². The molecular weight excluding hydrogens is 142 g/mol. The van der Waals surface area contributed by atoms with Gasteiger partial charge in [0.1, 0.15) is 0 Å². The molecule has 3 nitrogen and oxygen atoms in total. The van der Waals surface area contributed by atoms with E-state index in [4.69, 9.17) is 4.74 Å². The Morgan fingerprint density at radius 3 is 2.91 bits per heavy atom. The fraction of sp³-hybridized carbons (Fsp3) is 0.875. The molecule has 1 heterocycles. The van der Waals surface area contributed by atoms with E-state index in [0.29, 0.717) is 11.8 Å². The Bertz CT molecular complexity index is 169. The van der Waals surface area contributed by atoms with E-state index < -0.39 is 0 Å². The summed E-state index contributed by atoms with van der Waals surface area (Å²) >= 11 is 0. The molecule has 11 heavy (non-hydrogen) atoms. The van der Waals surface area contributed by atoms with Crippen LogP contribution in [0.4, 0.5) is 0 Å². The van der Waals surface area contributed by atoms with Crippen molar-refractivity contribution >= 4 is 5.97 Å². The predicted octanol–water partition coefficient (Wildman–Crippen LogP) is 0.0149. The van der Waals surface area contributed by atoms with Crippen LogP contribution in [-0.2, 0) is 9.53 Å². The first kappa shape index (κ1) is 7.10. The largest absolute Gasteiger partial charge is 0.469 e. The molecule has 1 saturated carbocycles. The number of nitrogens with one attached hydrogen (secondary N) is 1. The number of hydrogen-bond acceptors (Lipinski definition) is 3. The minimum atomic E-state index is -0.0105. The molecule has 0 aromatic heterocycles. The summed E-state index contributed by atoms with van der Waals surface area (Å²) < 4.78 is 4.70. The van der Waals surface area contributed by atoms with E-state index in [-0.39, 0.29) is 11.9 Å². The van der Waals surface area contributed by atoms with Gasteiger partial charge in [-0.05, 0) is 31.3 Å². The van der Waals surface area contributed by atoms with Gasteiger partial charge in [0.15, 0.2) is 0 Å². The average Bonchev–Trinajstić information content (AvgIpc) is 2.77. The van der Waals surface area contributed by atoms with Gasteiger partial charge in [0.2, 0.25) is 0 Å². The predicted molar refractivity (Wildman–Crippen MR) is 40.0 cm³/mol. The van der Waals surface area contributed by atoms with Crippen LogP contribution in [0.2, 0.25) is 0 Å². The number of piperidine rings is 1. The summed E-state index contributed by atoms with van der Waals surface area (Å²) in [5.41, 5.74) is 0. The van der Waals surface area contributed by atoms with E-state index in [0.717, 1.165) is 19.5 Å². The minimum Gasteiger partial charge on any atom is -0.469 e. The summed E-state index contributed by atoms with van der Waals surface area (Å²) in [6, 6.07) is 0. The summed E-state index contributed by atoms with van der Waals surface area (Å²) in [4.78, 5) is 11.1. The number of ether oxygens (including phenoxy) is 1. The lowest BCUT2D eigenvalue weighted by atomic mass is 10.2. The minimum absolute atomic E-state index is 0.0105. The number of carbonyl (C=O) groups is 1. The molecule has 2 aliphatic rings. The highest BCUT2D eigenvalue weighted by Gasteiger charge is 2.55. The van der Waals surface area contributed by atoms with Crippen LogP contribution in [0.15, 0.2) is 0 Å². The summed E-state index contributed by atoms with van der Waals surface area (Å²) in [5, 5.41) is 3.28. The van der Waals surface area contributed by atoms with Gasteiger partial charge in [-0.25, -0.2) is 0 Å². The SMILES string of the molecule is COC(=O)C1[C@H]2CNCC[C@@H]12. The Balaban J connectivity index is 1.94. The molecule has 1 unspecified atom stereocenters. The van der Waals surface area contributed by atoms with E-state index in [9.17, 15) is 4.79 Å². The third-order valence-electron chi connectivity index (χ3n) is 2.84.